The van der Waals surface area contributed by atoms with Gasteiger partial charge in [-0.05, 0) is 35.6 Å². The Morgan fingerprint density at radius 3 is 2.43 bits per heavy atom. The summed E-state index contributed by atoms with van der Waals surface area (Å²) in [5.41, 5.74) is 1.84. The molecular weight excluding hydrogens is 284 g/mol. The predicted molar refractivity (Wildman–Crippen MR) is 85.7 cm³/mol. The Hall–Kier alpha value is -2.14. The highest BCUT2D eigenvalue weighted by atomic mass is 32.1. The summed E-state index contributed by atoms with van der Waals surface area (Å²) in [4.78, 5) is 25.7. The van der Waals surface area contributed by atoms with Crippen LogP contribution in [0.3, 0.4) is 0 Å². The van der Waals surface area contributed by atoms with Crippen molar-refractivity contribution >= 4 is 28.8 Å². The molecule has 0 bridgehead atoms. The van der Waals surface area contributed by atoms with E-state index >= 15 is 0 Å². The van der Waals surface area contributed by atoms with Gasteiger partial charge < -0.3 is 10.2 Å². The zero-order chi connectivity index (χ0) is 15.2. The molecule has 0 fully saturated rings. The van der Waals surface area contributed by atoms with E-state index in [1.54, 1.807) is 25.1 Å². The molecule has 2 aromatic rings. The van der Waals surface area contributed by atoms with Gasteiger partial charge in [0, 0.05) is 26.2 Å². The fraction of sp³-hybridized carbons (Fsp3) is 0.250. The number of hydrogen-bond acceptors (Lipinski definition) is 3. The van der Waals surface area contributed by atoms with E-state index in [2.05, 4.69) is 5.32 Å². The predicted octanol–water partition coefficient (Wildman–Crippen LogP) is 3.02. The SMILES string of the molecule is CN(C)C(=O)CCc1ccc(NC(=O)c2cccs2)cc1. The van der Waals surface area contributed by atoms with E-state index in [0.29, 0.717) is 17.7 Å². The second-order valence-electron chi connectivity index (χ2n) is 4.92. The average Bonchev–Trinajstić information content (AvgIpc) is 3.00. The van der Waals surface area contributed by atoms with Crippen LogP contribution >= 0.6 is 11.3 Å². The molecule has 1 aromatic heterocycles. The Labute approximate surface area is 128 Å². The van der Waals surface area contributed by atoms with Gasteiger partial charge in [0.25, 0.3) is 5.91 Å². The van der Waals surface area contributed by atoms with Crippen LogP contribution in [0.15, 0.2) is 41.8 Å². The van der Waals surface area contributed by atoms with Gasteiger partial charge in [-0.1, -0.05) is 18.2 Å². The summed E-state index contributed by atoms with van der Waals surface area (Å²) < 4.78 is 0. The van der Waals surface area contributed by atoms with Crippen LogP contribution in [0.4, 0.5) is 5.69 Å². The van der Waals surface area contributed by atoms with Gasteiger partial charge in [-0.15, -0.1) is 11.3 Å². The zero-order valence-corrected chi connectivity index (χ0v) is 12.9. The van der Waals surface area contributed by atoms with Gasteiger partial charge in [-0.25, -0.2) is 0 Å². The van der Waals surface area contributed by atoms with Crippen molar-refractivity contribution in [3.63, 3.8) is 0 Å². The first-order valence-corrected chi connectivity index (χ1v) is 7.58. The van der Waals surface area contributed by atoms with Crippen molar-refractivity contribution in [1.29, 1.82) is 0 Å². The maximum atomic E-state index is 11.9. The first kappa shape index (κ1) is 15.3. The number of carbonyl (C=O) groups is 2. The quantitative estimate of drug-likeness (QED) is 0.923. The highest BCUT2D eigenvalue weighted by Gasteiger charge is 2.07. The van der Waals surface area contributed by atoms with E-state index in [0.717, 1.165) is 11.3 Å². The Morgan fingerprint density at radius 1 is 1.14 bits per heavy atom. The Balaban J connectivity index is 1.90. The topological polar surface area (TPSA) is 49.4 Å². The van der Waals surface area contributed by atoms with Crippen LogP contribution in [0.25, 0.3) is 0 Å². The molecule has 21 heavy (non-hydrogen) atoms. The summed E-state index contributed by atoms with van der Waals surface area (Å²) in [6.45, 7) is 0. The molecule has 5 heteroatoms. The fourth-order valence-corrected chi connectivity index (χ4v) is 2.45. The molecular formula is C16H18N2O2S. The number of aryl methyl sites for hydroxylation is 1. The van der Waals surface area contributed by atoms with Crippen LogP contribution in [0.1, 0.15) is 21.7 Å². The van der Waals surface area contributed by atoms with Gasteiger partial charge in [0.1, 0.15) is 0 Å². The molecule has 0 atom stereocenters. The molecule has 2 rings (SSSR count). The standard InChI is InChI=1S/C16H18N2O2S/c1-18(2)15(19)10-7-12-5-8-13(9-6-12)17-16(20)14-4-3-11-21-14/h3-6,8-9,11H,7,10H2,1-2H3,(H,17,20). The summed E-state index contributed by atoms with van der Waals surface area (Å²) in [6, 6.07) is 11.2. The highest BCUT2D eigenvalue weighted by molar-refractivity contribution is 7.12. The average molecular weight is 302 g/mol. The van der Waals surface area contributed by atoms with E-state index in [1.165, 1.54) is 11.3 Å². The van der Waals surface area contributed by atoms with Gasteiger partial charge >= 0.3 is 0 Å². The van der Waals surface area contributed by atoms with E-state index in [4.69, 9.17) is 0 Å². The van der Waals surface area contributed by atoms with Gasteiger partial charge in [0.2, 0.25) is 5.91 Å². The summed E-state index contributed by atoms with van der Waals surface area (Å²) in [5, 5.41) is 4.73. The van der Waals surface area contributed by atoms with Crippen LogP contribution < -0.4 is 5.32 Å². The molecule has 0 aliphatic carbocycles. The van der Waals surface area contributed by atoms with Crippen molar-refractivity contribution in [3.8, 4) is 0 Å². The van der Waals surface area contributed by atoms with Crippen LogP contribution in [0, 0.1) is 0 Å². The van der Waals surface area contributed by atoms with Crippen LogP contribution in [-0.2, 0) is 11.2 Å². The van der Waals surface area contributed by atoms with Crippen molar-refractivity contribution in [2.75, 3.05) is 19.4 Å². The third-order valence-corrected chi connectivity index (χ3v) is 3.95. The van der Waals surface area contributed by atoms with Crippen molar-refractivity contribution < 1.29 is 9.59 Å². The minimum atomic E-state index is -0.0967. The van der Waals surface area contributed by atoms with Crippen molar-refractivity contribution in [1.82, 2.24) is 4.90 Å². The lowest BCUT2D eigenvalue weighted by Crippen LogP contribution is -2.21. The number of amides is 2. The number of benzene rings is 1. The number of nitrogens with one attached hydrogen (secondary N) is 1. The normalized spacial score (nSPS) is 10.2. The molecule has 0 spiro atoms. The summed E-state index contributed by atoms with van der Waals surface area (Å²) >= 11 is 1.41. The summed E-state index contributed by atoms with van der Waals surface area (Å²) in [7, 11) is 3.51. The number of anilines is 1. The maximum absolute atomic E-state index is 11.9. The molecule has 0 saturated carbocycles. The Kier molecular flexibility index (Phi) is 5.11. The van der Waals surface area contributed by atoms with E-state index < -0.39 is 0 Å². The van der Waals surface area contributed by atoms with Crippen molar-refractivity contribution in [2.45, 2.75) is 12.8 Å². The molecule has 0 unspecified atom stereocenters. The molecule has 110 valence electrons. The fourth-order valence-electron chi connectivity index (χ4n) is 1.83. The maximum Gasteiger partial charge on any atom is 0.265 e. The van der Waals surface area contributed by atoms with Gasteiger partial charge in [-0.2, -0.15) is 0 Å². The smallest absolute Gasteiger partial charge is 0.265 e. The minimum absolute atomic E-state index is 0.0967. The summed E-state index contributed by atoms with van der Waals surface area (Å²) in [5.74, 6) is 0.0191. The van der Waals surface area contributed by atoms with Gasteiger partial charge in [-0.3, -0.25) is 9.59 Å². The molecule has 1 aromatic carbocycles. The van der Waals surface area contributed by atoms with Crippen LogP contribution in [0.2, 0.25) is 0 Å². The molecule has 4 nitrogen and oxygen atoms in total. The Morgan fingerprint density at radius 2 is 1.86 bits per heavy atom. The summed E-state index contributed by atoms with van der Waals surface area (Å²) in [6.07, 6.45) is 1.20. The monoisotopic (exact) mass is 302 g/mol. The third-order valence-electron chi connectivity index (χ3n) is 3.08. The molecule has 0 saturated heterocycles. The second kappa shape index (κ2) is 7.04. The molecule has 0 aliphatic heterocycles. The third kappa shape index (κ3) is 4.43. The van der Waals surface area contributed by atoms with E-state index in [1.807, 2.05) is 35.7 Å². The lowest BCUT2D eigenvalue weighted by Gasteiger charge is -2.10. The Bertz CT molecular complexity index is 604. The molecule has 1 N–H and O–H groups in total. The van der Waals surface area contributed by atoms with Gasteiger partial charge in [0.15, 0.2) is 0 Å². The molecule has 0 radical (unpaired) electrons. The largest absolute Gasteiger partial charge is 0.349 e. The van der Waals surface area contributed by atoms with E-state index in [9.17, 15) is 9.59 Å². The number of hydrogen-bond donors (Lipinski definition) is 1. The van der Waals surface area contributed by atoms with Crippen molar-refractivity contribution in [3.05, 3.63) is 52.2 Å². The first-order valence-electron chi connectivity index (χ1n) is 6.70. The number of rotatable bonds is 5. The highest BCUT2D eigenvalue weighted by Crippen LogP contribution is 2.15. The number of nitrogens with zero attached hydrogens (tertiary/aromatic N) is 1. The van der Waals surface area contributed by atoms with Crippen molar-refractivity contribution in [2.24, 2.45) is 0 Å². The number of carbonyl (C=O) groups excluding carboxylic acids is 2. The number of thiophene rings is 1. The molecule has 2 amide bonds. The first-order chi connectivity index (χ1) is 10.1. The minimum Gasteiger partial charge on any atom is -0.349 e. The lowest BCUT2D eigenvalue weighted by atomic mass is 10.1. The van der Waals surface area contributed by atoms with Gasteiger partial charge in [0.05, 0.1) is 4.88 Å². The lowest BCUT2D eigenvalue weighted by molar-refractivity contribution is -0.128. The zero-order valence-electron chi connectivity index (χ0n) is 12.1. The van der Waals surface area contributed by atoms with Crippen LogP contribution in [0.5, 0.6) is 0 Å². The van der Waals surface area contributed by atoms with E-state index in [-0.39, 0.29) is 11.8 Å². The molecule has 1 heterocycles. The van der Waals surface area contributed by atoms with Crippen LogP contribution in [-0.4, -0.2) is 30.8 Å². The molecule has 0 aliphatic rings. The second-order valence-corrected chi connectivity index (χ2v) is 5.86.